The highest BCUT2D eigenvalue weighted by Gasteiger charge is 2.15. The van der Waals surface area contributed by atoms with Crippen LogP contribution in [0.3, 0.4) is 0 Å². The number of amides is 1. The molecule has 0 bridgehead atoms. The SMILES string of the molecule is CCN(CC)CC(C)NC(=O)c1ccc(Br)cc1F. The second-order valence-corrected chi connectivity index (χ2v) is 5.40. The Morgan fingerprint density at radius 1 is 1.42 bits per heavy atom. The maximum Gasteiger partial charge on any atom is 0.254 e. The first-order valence-electron chi connectivity index (χ1n) is 6.46. The first kappa shape index (κ1) is 16.1. The van der Waals surface area contributed by atoms with Gasteiger partial charge >= 0.3 is 0 Å². The molecule has 1 N–H and O–H groups in total. The lowest BCUT2D eigenvalue weighted by Gasteiger charge is -2.23. The Morgan fingerprint density at radius 3 is 2.58 bits per heavy atom. The molecule has 0 aliphatic carbocycles. The molecule has 1 unspecified atom stereocenters. The van der Waals surface area contributed by atoms with Crippen molar-refractivity contribution in [2.45, 2.75) is 26.8 Å². The summed E-state index contributed by atoms with van der Waals surface area (Å²) in [7, 11) is 0. The molecule has 0 saturated heterocycles. The van der Waals surface area contributed by atoms with Crippen LogP contribution in [0.25, 0.3) is 0 Å². The number of hydrogen-bond donors (Lipinski definition) is 1. The van der Waals surface area contributed by atoms with Crippen molar-refractivity contribution in [3.8, 4) is 0 Å². The van der Waals surface area contributed by atoms with Gasteiger partial charge in [-0.3, -0.25) is 4.79 Å². The predicted octanol–water partition coefficient (Wildman–Crippen LogP) is 3.05. The molecule has 1 aromatic carbocycles. The molecule has 0 aromatic heterocycles. The Kier molecular flexibility index (Phi) is 6.45. The monoisotopic (exact) mass is 330 g/mol. The van der Waals surface area contributed by atoms with Crippen LogP contribution in [0.1, 0.15) is 31.1 Å². The highest BCUT2D eigenvalue weighted by Crippen LogP contribution is 2.15. The van der Waals surface area contributed by atoms with E-state index < -0.39 is 5.82 Å². The number of nitrogens with zero attached hydrogens (tertiary/aromatic N) is 1. The normalized spacial score (nSPS) is 12.5. The molecule has 0 radical (unpaired) electrons. The topological polar surface area (TPSA) is 32.3 Å². The Morgan fingerprint density at radius 2 is 2.05 bits per heavy atom. The average Bonchev–Trinajstić information content (AvgIpc) is 2.35. The van der Waals surface area contributed by atoms with E-state index >= 15 is 0 Å². The fourth-order valence-electron chi connectivity index (χ4n) is 1.89. The highest BCUT2D eigenvalue weighted by atomic mass is 79.9. The molecule has 5 heteroatoms. The number of hydrogen-bond acceptors (Lipinski definition) is 2. The summed E-state index contributed by atoms with van der Waals surface area (Å²) in [6, 6.07) is 4.42. The van der Waals surface area contributed by atoms with Crippen LogP contribution in [-0.4, -0.2) is 36.5 Å². The summed E-state index contributed by atoms with van der Waals surface area (Å²) in [5.74, 6) is -0.883. The zero-order chi connectivity index (χ0) is 14.4. The first-order chi connectivity index (χ1) is 8.97. The minimum absolute atomic E-state index is 0.0181. The second-order valence-electron chi connectivity index (χ2n) is 4.48. The molecule has 1 aromatic rings. The van der Waals surface area contributed by atoms with Crippen molar-refractivity contribution in [1.29, 1.82) is 0 Å². The quantitative estimate of drug-likeness (QED) is 0.869. The molecule has 0 saturated carbocycles. The summed E-state index contributed by atoms with van der Waals surface area (Å²) < 4.78 is 14.3. The molecule has 19 heavy (non-hydrogen) atoms. The summed E-state index contributed by atoms with van der Waals surface area (Å²) in [6.45, 7) is 8.70. The molecule has 0 aliphatic rings. The van der Waals surface area contributed by atoms with Gasteiger partial charge in [-0.25, -0.2) is 4.39 Å². The van der Waals surface area contributed by atoms with Crippen LogP contribution >= 0.6 is 15.9 Å². The van der Waals surface area contributed by atoms with Crippen molar-refractivity contribution in [3.05, 3.63) is 34.1 Å². The van der Waals surface area contributed by atoms with E-state index in [1.807, 2.05) is 6.92 Å². The highest BCUT2D eigenvalue weighted by molar-refractivity contribution is 9.10. The van der Waals surface area contributed by atoms with Gasteiger partial charge in [-0.1, -0.05) is 29.8 Å². The predicted molar refractivity (Wildman–Crippen MR) is 78.8 cm³/mol. The van der Waals surface area contributed by atoms with Gasteiger partial charge in [-0.05, 0) is 38.2 Å². The van der Waals surface area contributed by atoms with Crippen LogP contribution in [0.2, 0.25) is 0 Å². The largest absolute Gasteiger partial charge is 0.348 e. The smallest absolute Gasteiger partial charge is 0.254 e. The Bertz CT molecular complexity index is 435. The lowest BCUT2D eigenvalue weighted by Crippen LogP contribution is -2.42. The van der Waals surface area contributed by atoms with Crippen molar-refractivity contribution in [3.63, 3.8) is 0 Å². The van der Waals surface area contributed by atoms with Gasteiger partial charge in [0.1, 0.15) is 5.82 Å². The molecule has 106 valence electrons. The summed E-state index contributed by atoms with van der Waals surface area (Å²) in [5.41, 5.74) is 0.0783. The van der Waals surface area contributed by atoms with Gasteiger partial charge < -0.3 is 10.2 Å². The number of carbonyl (C=O) groups is 1. The van der Waals surface area contributed by atoms with E-state index in [0.717, 1.165) is 19.6 Å². The van der Waals surface area contributed by atoms with Crippen LogP contribution in [0.4, 0.5) is 4.39 Å². The second kappa shape index (κ2) is 7.60. The summed E-state index contributed by atoms with van der Waals surface area (Å²) in [5, 5.41) is 2.82. The number of halogens is 2. The molecular weight excluding hydrogens is 311 g/mol. The van der Waals surface area contributed by atoms with E-state index in [9.17, 15) is 9.18 Å². The Hall–Kier alpha value is -0.940. The lowest BCUT2D eigenvalue weighted by atomic mass is 10.2. The molecule has 1 rings (SSSR count). The third kappa shape index (κ3) is 4.91. The van der Waals surface area contributed by atoms with Gasteiger partial charge in [0.15, 0.2) is 0 Å². The van der Waals surface area contributed by atoms with Crippen LogP contribution in [0, 0.1) is 5.82 Å². The molecule has 0 aliphatic heterocycles. The number of benzene rings is 1. The maximum absolute atomic E-state index is 13.6. The zero-order valence-electron chi connectivity index (χ0n) is 11.5. The molecule has 3 nitrogen and oxygen atoms in total. The van der Waals surface area contributed by atoms with E-state index in [-0.39, 0.29) is 17.5 Å². The zero-order valence-corrected chi connectivity index (χ0v) is 13.1. The summed E-state index contributed by atoms with van der Waals surface area (Å²) in [4.78, 5) is 14.2. The van der Waals surface area contributed by atoms with Crippen LogP contribution in [-0.2, 0) is 0 Å². The van der Waals surface area contributed by atoms with E-state index in [1.165, 1.54) is 12.1 Å². The minimum Gasteiger partial charge on any atom is -0.348 e. The number of likely N-dealkylation sites (N-methyl/N-ethyl adjacent to an activating group) is 1. The van der Waals surface area contributed by atoms with Crippen molar-refractivity contribution >= 4 is 21.8 Å². The van der Waals surface area contributed by atoms with Gasteiger partial charge in [-0.15, -0.1) is 0 Å². The molecule has 0 heterocycles. The molecule has 0 spiro atoms. The number of nitrogens with one attached hydrogen (secondary N) is 1. The third-order valence-corrected chi connectivity index (χ3v) is 3.47. The fraction of sp³-hybridized carbons (Fsp3) is 0.500. The van der Waals surface area contributed by atoms with Gasteiger partial charge in [-0.2, -0.15) is 0 Å². The molecule has 1 atom stereocenters. The van der Waals surface area contributed by atoms with Crippen molar-refractivity contribution in [2.24, 2.45) is 0 Å². The molecule has 0 fully saturated rings. The summed E-state index contributed by atoms with van der Waals surface area (Å²) >= 11 is 3.17. The lowest BCUT2D eigenvalue weighted by molar-refractivity contribution is 0.0926. The first-order valence-corrected chi connectivity index (χ1v) is 7.25. The standard InChI is InChI=1S/C14H20BrFN2O/c1-4-18(5-2)9-10(3)17-14(19)12-7-6-11(15)8-13(12)16/h6-8,10H,4-5,9H2,1-3H3,(H,17,19). The van der Waals surface area contributed by atoms with Gasteiger partial charge in [0.2, 0.25) is 0 Å². The average molecular weight is 331 g/mol. The molecular formula is C14H20BrFN2O. The van der Waals surface area contributed by atoms with Gasteiger partial charge in [0.05, 0.1) is 5.56 Å². The van der Waals surface area contributed by atoms with E-state index in [4.69, 9.17) is 0 Å². The van der Waals surface area contributed by atoms with Crippen molar-refractivity contribution < 1.29 is 9.18 Å². The van der Waals surface area contributed by atoms with E-state index in [0.29, 0.717) is 4.47 Å². The minimum atomic E-state index is -0.512. The molecule has 1 amide bonds. The van der Waals surface area contributed by atoms with Crippen molar-refractivity contribution in [1.82, 2.24) is 10.2 Å². The number of rotatable bonds is 6. The Balaban J connectivity index is 2.63. The van der Waals surface area contributed by atoms with Crippen LogP contribution < -0.4 is 5.32 Å². The van der Waals surface area contributed by atoms with Crippen molar-refractivity contribution in [2.75, 3.05) is 19.6 Å². The Labute approximate surface area is 122 Å². The van der Waals surface area contributed by atoms with Gasteiger partial charge in [0.25, 0.3) is 5.91 Å². The third-order valence-electron chi connectivity index (χ3n) is 2.98. The van der Waals surface area contributed by atoms with Gasteiger partial charge in [0, 0.05) is 17.1 Å². The van der Waals surface area contributed by atoms with Crippen LogP contribution in [0.5, 0.6) is 0 Å². The van der Waals surface area contributed by atoms with E-state index in [1.54, 1.807) is 6.07 Å². The number of carbonyl (C=O) groups excluding carboxylic acids is 1. The van der Waals surface area contributed by atoms with E-state index in [2.05, 4.69) is 40.0 Å². The maximum atomic E-state index is 13.6. The summed E-state index contributed by atoms with van der Waals surface area (Å²) in [6.07, 6.45) is 0. The fourth-order valence-corrected chi connectivity index (χ4v) is 2.22. The van der Waals surface area contributed by atoms with Crippen LogP contribution in [0.15, 0.2) is 22.7 Å².